The molecule has 2 amide bonds. The smallest absolute Gasteiger partial charge is 0.414 e. The van der Waals surface area contributed by atoms with Crippen LogP contribution in [0, 0.1) is 0 Å². The lowest BCUT2D eigenvalue weighted by Crippen LogP contribution is -2.38. The van der Waals surface area contributed by atoms with Crippen molar-refractivity contribution in [3.8, 4) is 0 Å². The SMILES string of the molecule is CC(C)(C)OC(=O)NC(=O)C1=CC2=C(COCC2)CO1. The highest BCUT2D eigenvalue weighted by Crippen LogP contribution is 2.24. The summed E-state index contributed by atoms with van der Waals surface area (Å²) in [5, 5.41) is 2.15. The van der Waals surface area contributed by atoms with E-state index >= 15 is 0 Å². The monoisotopic (exact) mass is 281 g/mol. The average Bonchev–Trinajstić information content (AvgIpc) is 2.35. The second kappa shape index (κ2) is 5.66. The predicted molar refractivity (Wildman–Crippen MR) is 70.9 cm³/mol. The van der Waals surface area contributed by atoms with Crippen molar-refractivity contribution in [1.82, 2.24) is 5.32 Å². The van der Waals surface area contributed by atoms with E-state index in [4.69, 9.17) is 14.2 Å². The molecule has 0 bridgehead atoms. The van der Waals surface area contributed by atoms with Gasteiger partial charge in [0.05, 0.1) is 13.2 Å². The van der Waals surface area contributed by atoms with E-state index in [-0.39, 0.29) is 5.76 Å². The highest BCUT2D eigenvalue weighted by Gasteiger charge is 2.24. The number of allylic oxidation sites excluding steroid dienone is 1. The second-order valence-corrected chi connectivity index (χ2v) is 5.68. The number of hydrogen-bond donors (Lipinski definition) is 1. The number of imide groups is 1. The maximum absolute atomic E-state index is 11.9. The molecule has 2 rings (SSSR count). The van der Waals surface area contributed by atoms with Crippen molar-refractivity contribution in [2.45, 2.75) is 32.8 Å². The van der Waals surface area contributed by atoms with E-state index in [0.717, 1.165) is 17.6 Å². The summed E-state index contributed by atoms with van der Waals surface area (Å²) in [6, 6.07) is 0. The Kier molecular flexibility index (Phi) is 4.13. The summed E-state index contributed by atoms with van der Waals surface area (Å²) in [5.41, 5.74) is 1.45. The molecule has 6 nitrogen and oxygen atoms in total. The van der Waals surface area contributed by atoms with Crippen LogP contribution < -0.4 is 5.32 Å². The van der Waals surface area contributed by atoms with Gasteiger partial charge in [-0.2, -0.15) is 0 Å². The fraction of sp³-hybridized carbons (Fsp3) is 0.571. The largest absolute Gasteiger partial charge is 0.483 e. The molecule has 0 atom stereocenters. The zero-order chi connectivity index (χ0) is 14.8. The van der Waals surface area contributed by atoms with Crippen molar-refractivity contribution < 1.29 is 23.8 Å². The van der Waals surface area contributed by atoms with Gasteiger partial charge < -0.3 is 14.2 Å². The minimum absolute atomic E-state index is 0.136. The molecule has 2 aliphatic rings. The van der Waals surface area contributed by atoms with Crippen LogP contribution in [0.5, 0.6) is 0 Å². The number of alkyl carbamates (subject to hydrolysis) is 1. The van der Waals surface area contributed by atoms with Crippen LogP contribution in [0.15, 0.2) is 23.0 Å². The maximum atomic E-state index is 11.9. The number of amides is 2. The highest BCUT2D eigenvalue weighted by molar-refractivity contribution is 6.01. The average molecular weight is 281 g/mol. The molecular formula is C14H19NO5. The minimum atomic E-state index is -0.779. The van der Waals surface area contributed by atoms with E-state index in [1.807, 2.05) is 0 Å². The zero-order valence-corrected chi connectivity index (χ0v) is 11.9. The Labute approximate surface area is 117 Å². The summed E-state index contributed by atoms with van der Waals surface area (Å²) >= 11 is 0. The lowest BCUT2D eigenvalue weighted by Gasteiger charge is -2.24. The molecule has 0 spiro atoms. The molecular weight excluding hydrogens is 262 g/mol. The van der Waals surface area contributed by atoms with Gasteiger partial charge in [0.1, 0.15) is 12.2 Å². The van der Waals surface area contributed by atoms with Crippen molar-refractivity contribution >= 4 is 12.0 Å². The van der Waals surface area contributed by atoms with Crippen LogP contribution in [0.1, 0.15) is 27.2 Å². The first kappa shape index (κ1) is 14.6. The third-order valence-corrected chi connectivity index (χ3v) is 2.79. The molecule has 0 aromatic rings. The highest BCUT2D eigenvalue weighted by atomic mass is 16.6. The molecule has 20 heavy (non-hydrogen) atoms. The van der Waals surface area contributed by atoms with Crippen LogP contribution in [-0.4, -0.2) is 37.4 Å². The molecule has 6 heteroatoms. The predicted octanol–water partition coefficient (Wildman–Crippen LogP) is 1.67. The number of carbonyl (C=O) groups is 2. The first-order valence-electron chi connectivity index (χ1n) is 6.52. The molecule has 2 aliphatic heterocycles. The van der Waals surface area contributed by atoms with Crippen LogP contribution in [-0.2, 0) is 19.0 Å². The molecule has 0 fully saturated rings. The third kappa shape index (κ3) is 3.84. The van der Waals surface area contributed by atoms with Crippen LogP contribution >= 0.6 is 0 Å². The van der Waals surface area contributed by atoms with Crippen LogP contribution in [0.2, 0.25) is 0 Å². The normalized spacial score (nSPS) is 18.6. The van der Waals surface area contributed by atoms with Gasteiger partial charge in [-0.15, -0.1) is 0 Å². The third-order valence-electron chi connectivity index (χ3n) is 2.79. The molecule has 0 saturated heterocycles. The number of carbonyl (C=O) groups excluding carboxylic acids is 2. The number of ether oxygens (including phenoxy) is 3. The topological polar surface area (TPSA) is 73.9 Å². The fourth-order valence-corrected chi connectivity index (χ4v) is 1.91. The maximum Gasteiger partial charge on any atom is 0.414 e. The second-order valence-electron chi connectivity index (χ2n) is 5.68. The number of nitrogens with one attached hydrogen (secondary N) is 1. The molecule has 0 saturated carbocycles. The van der Waals surface area contributed by atoms with Crippen molar-refractivity contribution in [3.05, 3.63) is 23.0 Å². The standard InChI is InChI=1S/C14H19NO5/c1-14(2,3)20-13(17)15-12(16)11-6-9-4-5-18-7-10(9)8-19-11/h6H,4-5,7-8H2,1-3H3,(H,15,16,17). The summed E-state index contributed by atoms with van der Waals surface area (Å²) in [4.78, 5) is 23.4. The van der Waals surface area contributed by atoms with E-state index in [2.05, 4.69) is 5.32 Å². The van der Waals surface area contributed by atoms with Crippen LogP contribution in [0.25, 0.3) is 0 Å². The van der Waals surface area contributed by atoms with E-state index in [1.54, 1.807) is 26.8 Å². The van der Waals surface area contributed by atoms with Gasteiger partial charge in [0, 0.05) is 0 Å². The molecule has 110 valence electrons. The van der Waals surface area contributed by atoms with Crippen molar-refractivity contribution in [3.63, 3.8) is 0 Å². The summed E-state index contributed by atoms with van der Waals surface area (Å²) in [6.07, 6.45) is 1.64. The van der Waals surface area contributed by atoms with Gasteiger partial charge in [-0.05, 0) is 44.4 Å². The van der Waals surface area contributed by atoms with E-state index in [0.29, 0.717) is 19.8 Å². The van der Waals surface area contributed by atoms with Gasteiger partial charge in [-0.1, -0.05) is 0 Å². The van der Waals surface area contributed by atoms with Gasteiger partial charge in [0.2, 0.25) is 0 Å². The zero-order valence-electron chi connectivity index (χ0n) is 11.9. The van der Waals surface area contributed by atoms with Crippen LogP contribution in [0.4, 0.5) is 4.79 Å². The fourth-order valence-electron chi connectivity index (χ4n) is 1.91. The summed E-state index contributed by atoms with van der Waals surface area (Å²) in [6.45, 7) is 6.68. The van der Waals surface area contributed by atoms with Gasteiger partial charge in [-0.25, -0.2) is 4.79 Å². The van der Waals surface area contributed by atoms with E-state index in [9.17, 15) is 9.59 Å². The van der Waals surface area contributed by atoms with Crippen molar-refractivity contribution in [1.29, 1.82) is 0 Å². The molecule has 0 aromatic heterocycles. The lowest BCUT2D eigenvalue weighted by molar-refractivity contribution is -0.120. The summed E-state index contributed by atoms with van der Waals surface area (Å²) in [5.74, 6) is -0.450. The summed E-state index contributed by atoms with van der Waals surface area (Å²) < 4.78 is 15.7. The van der Waals surface area contributed by atoms with Crippen molar-refractivity contribution in [2.75, 3.05) is 19.8 Å². The Hall–Kier alpha value is -1.82. The Balaban J connectivity index is 1.98. The summed E-state index contributed by atoms with van der Waals surface area (Å²) in [7, 11) is 0. The molecule has 0 unspecified atom stereocenters. The Morgan fingerprint density at radius 1 is 1.30 bits per heavy atom. The Morgan fingerprint density at radius 3 is 2.75 bits per heavy atom. The van der Waals surface area contributed by atoms with Gasteiger partial charge in [0.15, 0.2) is 5.76 Å². The van der Waals surface area contributed by atoms with Gasteiger partial charge in [-0.3, -0.25) is 10.1 Å². The van der Waals surface area contributed by atoms with E-state index in [1.165, 1.54) is 0 Å². The number of hydrogen-bond acceptors (Lipinski definition) is 5. The first-order chi connectivity index (χ1) is 9.35. The Morgan fingerprint density at radius 2 is 2.05 bits per heavy atom. The Bertz CT molecular complexity index is 484. The van der Waals surface area contributed by atoms with Crippen molar-refractivity contribution in [2.24, 2.45) is 0 Å². The lowest BCUT2D eigenvalue weighted by atomic mass is 10.0. The first-order valence-corrected chi connectivity index (χ1v) is 6.52. The molecule has 2 heterocycles. The minimum Gasteiger partial charge on any atom is -0.483 e. The van der Waals surface area contributed by atoms with Crippen LogP contribution in [0.3, 0.4) is 0 Å². The van der Waals surface area contributed by atoms with Gasteiger partial charge >= 0.3 is 6.09 Å². The quantitative estimate of drug-likeness (QED) is 0.791. The molecule has 0 aromatic carbocycles. The van der Waals surface area contributed by atoms with Gasteiger partial charge in [0.25, 0.3) is 5.91 Å². The molecule has 1 N–H and O–H groups in total. The van der Waals surface area contributed by atoms with E-state index < -0.39 is 17.6 Å². The molecule has 0 radical (unpaired) electrons. The molecule has 0 aliphatic carbocycles. The number of rotatable bonds is 1.